The van der Waals surface area contributed by atoms with E-state index < -0.39 is 6.03 Å². The number of amides is 4. The number of rotatable bonds is 3. The molecule has 2 aliphatic rings. The molecule has 0 bridgehead atoms. The van der Waals surface area contributed by atoms with Crippen molar-refractivity contribution in [2.45, 2.75) is 25.3 Å². The normalized spacial score (nSPS) is 19.6. The first-order valence-corrected chi connectivity index (χ1v) is 6.97. The molecule has 2 saturated heterocycles. The number of ether oxygens (including phenoxy) is 1. The molecule has 9 heteroatoms. The van der Waals surface area contributed by atoms with Crippen molar-refractivity contribution >= 4 is 12.1 Å². The van der Waals surface area contributed by atoms with Gasteiger partial charge in [-0.05, 0) is 12.8 Å². The molecule has 0 saturated carbocycles. The summed E-state index contributed by atoms with van der Waals surface area (Å²) in [6.45, 7) is 2.35. The van der Waals surface area contributed by atoms with Gasteiger partial charge in [0.2, 0.25) is 5.89 Å². The van der Waals surface area contributed by atoms with Gasteiger partial charge in [-0.2, -0.15) is 4.98 Å². The van der Waals surface area contributed by atoms with Crippen LogP contribution in [-0.2, 0) is 11.3 Å². The quantitative estimate of drug-likeness (QED) is 0.824. The Bertz CT molecular complexity index is 525. The predicted octanol–water partition coefficient (Wildman–Crippen LogP) is 0.198. The lowest BCUT2D eigenvalue weighted by atomic mass is 10.00. The molecule has 3 rings (SSSR count). The number of imide groups is 1. The molecule has 0 spiro atoms. The first-order chi connectivity index (χ1) is 10.2. The van der Waals surface area contributed by atoms with Crippen molar-refractivity contribution in [1.29, 1.82) is 0 Å². The summed E-state index contributed by atoms with van der Waals surface area (Å²) in [7, 11) is 0. The first-order valence-electron chi connectivity index (χ1n) is 6.97. The van der Waals surface area contributed by atoms with E-state index in [1.54, 1.807) is 0 Å². The first kappa shape index (κ1) is 13.8. The van der Waals surface area contributed by atoms with Gasteiger partial charge in [-0.15, -0.1) is 0 Å². The Kier molecular flexibility index (Phi) is 4.00. The van der Waals surface area contributed by atoms with Crippen molar-refractivity contribution < 1.29 is 18.8 Å². The van der Waals surface area contributed by atoms with Gasteiger partial charge in [-0.3, -0.25) is 0 Å². The molecule has 2 aliphatic heterocycles. The Hall–Kier alpha value is -2.16. The Morgan fingerprint density at radius 2 is 2.24 bits per heavy atom. The number of hydrogen-bond donors (Lipinski definition) is 2. The van der Waals surface area contributed by atoms with E-state index >= 15 is 0 Å². The zero-order valence-electron chi connectivity index (χ0n) is 11.5. The predicted molar refractivity (Wildman–Crippen MR) is 69.4 cm³/mol. The molecule has 9 nitrogen and oxygen atoms in total. The van der Waals surface area contributed by atoms with Crippen LogP contribution in [0.3, 0.4) is 0 Å². The summed E-state index contributed by atoms with van der Waals surface area (Å²) in [5, 5.41) is 9.10. The van der Waals surface area contributed by atoms with Gasteiger partial charge < -0.3 is 19.9 Å². The molecule has 114 valence electrons. The fraction of sp³-hybridized carbons (Fsp3) is 0.667. The van der Waals surface area contributed by atoms with Crippen LogP contribution in [0, 0.1) is 0 Å². The van der Waals surface area contributed by atoms with Crippen LogP contribution in [0.2, 0.25) is 0 Å². The van der Waals surface area contributed by atoms with Crippen molar-refractivity contribution in [1.82, 2.24) is 25.7 Å². The average molecular weight is 295 g/mol. The second kappa shape index (κ2) is 6.08. The Morgan fingerprint density at radius 1 is 1.43 bits per heavy atom. The minimum absolute atomic E-state index is 0.110. The van der Waals surface area contributed by atoms with E-state index in [0.717, 1.165) is 17.7 Å². The molecular formula is C12H17N5O4. The molecule has 1 aromatic rings. The van der Waals surface area contributed by atoms with E-state index in [2.05, 4.69) is 20.8 Å². The van der Waals surface area contributed by atoms with Gasteiger partial charge in [0.25, 0.3) is 0 Å². The summed E-state index contributed by atoms with van der Waals surface area (Å²) >= 11 is 0. The Morgan fingerprint density at radius 3 is 2.95 bits per heavy atom. The minimum Gasteiger partial charge on any atom is -0.381 e. The molecule has 0 atom stereocenters. The van der Waals surface area contributed by atoms with E-state index in [4.69, 9.17) is 9.26 Å². The molecule has 2 N–H and O–H groups in total. The molecule has 0 unspecified atom stereocenters. The van der Waals surface area contributed by atoms with Crippen LogP contribution in [0.15, 0.2) is 4.52 Å². The number of aromatic nitrogens is 2. The van der Waals surface area contributed by atoms with Crippen molar-refractivity contribution in [2.75, 3.05) is 26.3 Å². The van der Waals surface area contributed by atoms with E-state index in [9.17, 15) is 9.59 Å². The third kappa shape index (κ3) is 3.13. The third-order valence-corrected chi connectivity index (χ3v) is 3.56. The number of nitrogens with zero attached hydrogens (tertiary/aromatic N) is 3. The van der Waals surface area contributed by atoms with Crippen molar-refractivity contribution in [3.63, 3.8) is 0 Å². The van der Waals surface area contributed by atoms with Crippen LogP contribution in [0.25, 0.3) is 0 Å². The molecule has 0 aliphatic carbocycles. The topological polar surface area (TPSA) is 110 Å². The lowest BCUT2D eigenvalue weighted by Crippen LogP contribution is -2.41. The zero-order valence-corrected chi connectivity index (χ0v) is 11.5. The smallest absolute Gasteiger partial charge is 0.326 e. The highest BCUT2D eigenvalue weighted by atomic mass is 16.5. The summed E-state index contributed by atoms with van der Waals surface area (Å²) in [6.07, 6.45) is 1.75. The van der Waals surface area contributed by atoms with Crippen molar-refractivity contribution in [3.05, 3.63) is 11.7 Å². The Labute approximate surface area is 121 Å². The minimum atomic E-state index is -0.462. The lowest BCUT2D eigenvalue weighted by Gasteiger charge is -2.18. The maximum absolute atomic E-state index is 11.8. The number of carbonyl (C=O) groups excluding carboxylic acids is 2. The summed E-state index contributed by atoms with van der Waals surface area (Å²) in [4.78, 5) is 28.5. The van der Waals surface area contributed by atoms with Gasteiger partial charge in [0.15, 0.2) is 5.82 Å². The number of urea groups is 2. The van der Waals surface area contributed by atoms with Crippen molar-refractivity contribution in [3.8, 4) is 0 Å². The summed E-state index contributed by atoms with van der Waals surface area (Å²) in [6, 6.07) is -0.850. The molecule has 0 radical (unpaired) electrons. The molecule has 3 heterocycles. The number of hydrogen-bond acceptors (Lipinski definition) is 6. The maximum Gasteiger partial charge on any atom is 0.326 e. The van der Waals surface area contributed by atoms with Crippen LogP contribution in [0.1, 0.15) is 30.5 Å². The SMILES string of the molecule is O=C1NCCN1C(=O)NCc1nc(C2CCOCC2)no1. The van der Waals surface area contributed by atoms with E-state index in [1.165, 1.54) is 0 Å². The van der Waals surface area contributed by atoms with E-state index in [1.807, 2.05) is 0 Å². The highest BCUT2D eigenvalue weighted by molar-refractivity contribution is 5.94. The highest BCUT2D eigenvalue weighted by Crippen LogP contribution is 2.24. The van der Waals surface area contributed by atoms with Crippen LogP contribution < -0.4 is 10.6 Å². The third-order valence-electron chi connectivity index (χ3n) is 3.56. The number of carbonyl (C=O) groups is 2. The maximum atomic E-state index is 11.8. The van der Waals surface area contributed by atoms with Gasteiger partial charge >= 0.3 is 12.1 Å². The summed E-state index contributed by atoms with van der Waals surface area (Å²) in [5.74, 6) is 1.24. The standard InChI is InChI=1S/C12H17N5O4/c18-11-13-3-4-17(11)12(19)14-7-9-15-10(16-21-9)8-1-5-20-6-2-8/h8H,1-7H2,(H,13,18)(H,14,19). The van der Waals surface area contributed by atoms with E-state index in [-0.39, 0.29) is 18.5 Å². The highest BCUT2D eigenvalue weighted by Gasteiger charge is 2.26. The van der Waals surface area contributed by atoms with E-state index in [0.29, 0.717) is 38.0 Å². The van der Waals surface area contributed by atoms with Gasteiger partial charge in [-0.25, -0.2) is 14.5 Å². The molecule has 4 amide bonds. The van der Waals surface area contributed by atoms with Gasteiger partial charge in [0, 0.05) is 32.2 Å². The Balaban J connectivity index is 1.52. The summed E-state index contributed by atoms with van der Waals surface area (Å²) < 4.78 is 10.4. The van der Waals surface area contributed by atoms with Gasteiger partial charge in [0.1, 0.15) is 0 Å². The van der Waals surface area contributed by atoms with Gasteiger partial charge in [0.05, 0.1) is 6.54 Å². The van der Waals surface area contributed by atoms with Crippen LogP contribution in [0.5, 0.6) is 0 Å². The largest absolute Gasteiger partial charge is 0.381 e. The van der Waals surface area contributed by atoms with Gasteiger partial charge in [-0.1, -0.05) is 5.16 Å². The fourth-order valence-corrected chi connectivity index (χ4v) is 2.37. The molecule has 1 aromatic heterocycles. The summed E-state index contributed by atoms with van der Waals surface area (Å²) in [5.41, 5.74) is 0. The van der Waals surface area contributed by atoms with Crippen LogP contribution >= 0.6 is 0 Å². The zero-order chi connectivity index (χ0) is 14.7. The monoisotopic (exact) mass is 295 g/mol. The van der Waals surface area contributed by atoms with Crippen LogP contribution in [-0.4, -0.2) is 53.4 Å². The average Bonchev–Trinajstić information content (AvgIpc) is 3.15. The molecule has 0 aromatic carbocycles. The fourth-order valence-electron chi connectivity index (χ4n) is 2.37. The molecule has 21 heavy (non-hydrogen) atoms. The molecule has 2 fully saturated rings. The second-order valence-corrected chi connectivity index (χ2v) is 4.98. The lowest BCUT2D eigenvalue weighted by molar-refractivity contribution is 0.0830. The number of nitrogens with one attached hydrogen (secondary N) is 2. The second-order valence-electron chi connectivity index (χ2n) is 4.98. The van der Waals surface area contributed by atoms with Crippen molar-refractivity contribution in [2.24, 2.45) is 0 Å². The molecular weight excluding hydrogens is 278 g/mol. The van der Waals surface area contributed by atoms with Crippen LogP contribution in [0.4, 0.5) is 9.59 Å².